The first-order chi connectivity index (χ1) is 13.3. The van der Waals surface area contributed by atoms with Crippen molar-refractivity contribution in [3.63, 3.8) is 0 Å². The molecule has 0 N–H and O–H groups in total. The largest absolute Gasteiger partial charge is 0.497 e. The van der Waals surface area contributed by atoms with Crippen molar-refractivity contribution in [3.8, 4) is 5.75 Å². The Balaban J connectivity index is 1.54. The van der Waals surface area contributed by atoms with Crippen molar-refractivity contribution in [2.24, 2.45) is 23.2 Å². The maximum Gasteiger partial charge on any atom is 0.338 e. The lowest BCUT2D eigenvalue weighted by Gasteiger charge is -2.54. The molecule has 1 saturated heterocycles. The molecule has 1 aromatic carbocycles. The minimum atomic E-state index is -0.334. The second-order valence-corrected chi connectivity index (χ2v) is 8.79. The predicted octanol–water partition coefficient (Wildman–Crippen LogP) is 4.16. The van der Waals surface area contributed by atoms with E-state index >= 15 is 0 Å². The summed E-state index contributed by atoms with van der Waals surface area (Å²) in [4.78, 5) is 24.8. The van der Waals surface area contributed by atoms with Crippen LogP contribution >= 0.6 is 0 Å². The van der Waals surface area contributed by atoms with Crippen LogP contribution in [-0.2, 0) is 14.3 Å². The van der Waals surface area contributed by atoms with Crippen LogP contribution in [0.2, 0.25) is 0 Å². The van der Waals surface area contributed by atoms with Gasteiger partial charge in [-0.2, -0.15) is 0 Å². The van der Waals surface area contributed by atoms with Crippen molar-refractivity contribution in [1.82, 2.24) is 0 Å². The third kappa shape index (κ3) is 3.01. The molecular weight excluding hydrogens is 356 g/mol. The number of ether oxygens (including phenoxy) is 3. The fourth-order valence-electron chi connectivity index (χ4n) is 5.66. The maximum atomic E-state index is 12.7. The van der Waals surface area contributed by atoms with Gasteiger partial charge in [0.25, 0.3) is 0 Å². The quantitative estimate of drug-likeness (QED) is 0.578. The minimum Gasteiger partial charge on any atom is -0.497 e. The number of hydrogen-bond acceptors (Lipinski definition) is 5. The predicted molar refractivity (Wildman–Crippen MR) is 104 cm³/mol. The van der Waals surface area contributed by atoms with Crippen molar-refractivity contribution in [2.45, 2.75) is 51.7 Å². The third-order valence-corrected chi connectivity index (χ3v) is 7.25. The topological polar surface area (TPSA) is 61.8 Å². The average molecular weight is 384 g/mol. The van der Waals surface area contributed by atoms with Crippen LogP contribution in [0.25, 0.3) is 0 Å². The second kappa shape index (κ2) is 6.94. The van der Waals surface area contributed by atoms with Gasteiger partial charge in [-0.05, 0) is 49.3 Å². The molecule has 0 spiro atoms. The summed E-state index contributed by atoms with van der Waals surface area (Å²) < 4.78 is 16.9. The maximum absolute atomic E-state index is 12.7. The third-order valence-electron chi connectivity index (χ3n) is 7.25. The number of rotatable bonds is 3. The standard InChI is InChI=1S/C23H28O5/c1-13-17-8-10-23(3)11-9-18(14(2)19(23)20(17)28-21(13)24)27-22(25)15-6-5-7-16(12-15)26-4/h5-7,12,14,17-20H,1,8-11H2,2-4H3. The summed E-state index contributed by atoms with van der Waals surface area (Å²) in [5.74, 6) is 0.415. The molecule has 5 nitrogen and oxygen atoms in total. The van der Waals surface area contributed by atoms with Crippen molar-refractivity contribution >= 4 is 11.9 Å². The van der Waals surface area contributed by atoms with Gasteiger partial charge in [0.05, 0.1) is 12.7 Å². The molecule has 3 fully saturated rings. The lowest BCUT2D eigenvalue weighted by molar-refractivity contribution is -0.159. The molecule has 28 heavy (non-hydrogen) atoms. The van der Waals surface area contributed by atoms with E-state index in [-0.39, 0.29) is 47.3 Å². The summed E-state index contributed by atoms with van der Waals surface area (Å²) in [5, 5.41) is 0. The first-order valence-corrected chi connectivity index (χ1v) is 10.1. The summed E-state index contributed by atoms with van der Waals surface area (Å²) >= 11 is 0. The van der Waals surface area contributed by atoms with Crippen LogP contribution in [0.5, 0.6) is 5.75 Å². The van der Waals surface area contributed by atoms with Gasteiger partial charge in [-0.3, -0.25) is 0 Å². The molecule has 0 amide bonds. The zero-order chi connectivity index (χ0) is 20.1. The molecule has 150 valence electrons. The number of hydrogen-bond donors (Lipinski definition) is 0. The van der Waals surface area contributed by atoms with E-state index in [1.807, 2.05) is 0 Å². The van der Waals surface area contributed by atoms with Gasteiger partial charge in [0.15, 0.2) is 0 Å². The van der Waals surface area contributed by atoms with Crippen LogP contribution in [0.15, 0.2) is 36.4 Å². The van der Waals surface area contributed by atoms with Crippen LogP contribution < -0.4 is 4.74 Å². The molecule has 0 radical (unpaired) electrons. The van der Waals surface area contributed by atoms with Gasteiger partial charge in [0.2, 0.25) is 0 Å². The number of carbonyl (C=O) groups excluding carboxylic acids is 2. The molecular formula is C23H28O5. The van der Waals surface area contributed by atoms with Gasteiger partial charge < -0.3 is 14.2 Å². The fraction of sp³-hybridized carbons (Fsp3) is 0.565. The van der Waals surface area contributed by atoms with Crippen LogP contribution in [-0.4, -0.2) is 31.3 Å². The molecule has 6 unspecified atom stereocenters. The van der Waals surface area contributed by atoms with Crippen molar-refractivity contribution in [3.05, 3.63) is 42.0 Å². The highest BCUT2D eigenvalue weighted by molar-refractivity contribution is 5.91. The highest BCUT2D eigenvalue weighted by Gasteiger charge is 2.58. The Morgan fingerprint density at radius 3 is 2.79 bits per heavy atom. The second-order valence-electron chi connectivity index (χ2n) is 8.79. The van der Waals surface area contributed by atoms with E-state index in [0.29, 0.717) is 16.9 Å². The van der Waals surface area contributed by atoms with Gasteiger partial charge >= 0.3 is 11.9 Å². The monoisotopic (exact) mass is 384 g/mol. The Morgan fingerprint density at radius 1 is 1.29 bits per heavy atom. The summed E-state index contributed by atoms with van der Waals surface area (Å²) in [5.41, 5.74) is 1.20. The molecule has 1 aromatic rings. The van der Waals surface area contributed by atoms with E-state index in [1.54, 1.807) is 31.4 Å². The number of fused-ring (bicyclic) bond motifs is 3. The summed E-state index contributed by atoms with van der Waals surface area (Å²) in [6.45, 7) is 8.38. The van der Waals surface area contributed by atoms with E-state index in [4.69, 9.17) is 14.2 Å². The number of carbonyl (C=O) groups is 2. The molecule has 5 heteroatoms. The number of esters is 2. The molecule has 1 heterocycles. The zero-order valence-electron chi connectivity index (χ0n) is 16.8. The fourth-order valence-corrected chi connectivity index (χ4v) is 5.66. The SMILES string of the molecule is C=C1C(=O)OC2C1CCC1(C)CCC(OC(=O)c3cccc(OC)c3)C(C)C21. The highest BCUT2D eigenvalue weighted by atomic mass is 16.6. The molecule has 2 aliphatic carbocycles. The first-order valence-electron chi connectivity index (χ1n) is 10.1. The summed E-state index contributed by atoms with van der Waals surface area (Å²) in [6, 6.07) is 7.02. The van der Waals surface area contributed by atoms with Gasteiger partial charge in [-0.25, -0.2) is 9.59 Å². The Labute approximate surface area is 166 Å². The lowest BCUT2D eigenvalue weighted by Crippen LogP contribution is -2.53. The average Bonchev–Trinajstić information content (AvgIpc) is 2.97. The summed E-state index contributed by atoms with van der Waals surface area (Å²) in [6.07, 6.45) is 3.45. The Hall–Kier alpha value is -2.30. The Kier molecular flexibility index (Phi) is 4.72. The first kappa shape index (κ1) is 19.0. The molecule has 4 rings (SSSR count). The molecule has 2 saturated carbocycles. The van der Waals surface area contributed by atoms with Gasteiger partial charge in [0.1, 0.15) is 18.0 Å². The number of methoxy groups -OCH3 is 1. The van der Waals surface area contributed by atoms with Crippen LogP contribution in [0.1, 0.15) is 49.9 Å². The lowest BCUT2D eigenvalue weighted by atomic mass is 9.53. The van der Waals surface area contributed by atoms with E-state index in [2.05, 4.69) is 20.4 Å². The molecule has 1 aliphatic heterocycles. The smallest absolute Gasteiger partial charge is 0.338 e. The van der Waals surface area contributed by atoms with Gasteiger partial charge in [-0.15, -0.1) is 0 Å². The summed E-state index contributed by atoms with van der Waals surface area (Å²) in [7, 11) is 1.57. The van der Waals surface area contributed by atoms with E-state index in [0.717, 1.165) is 25.7 Å². The van der Waals surface area contributed by atoms with Gasteiger partial charge in [-0.1, -0.05) is 26.5 Å². The van der Waals surface area contributed by atoms with Crippen LogP contribution in [0.4, 0.5) is 0 Å². The van der Waals surface area contributed by atoms with E-state index < -0.39 is 0 Å². The van der Waals surface area contributed by atoms with Crippen LogP contribution in [0, 0.1) is 23.2 Å². The Morgan fingerprint density at radius 2 is 2.04 bits per heavy atom. The van der Waals surface area contributed by atoms with E-state index in [9.17, 15) is 9.59 Å². The van der Waals surface area contributed by atoms with E-state index in [1.165, 1.54) is 0 Å². The zero-order valence-corrected chi connectivity index (χ0v) is 16.8. The minimum absolute atomic E-state index is 0.0980. The van der Waals surface area contributed by atoms with Crippen molar-refractivity contribution in [2.75, 3.05) is 7.11 Å². The van der Waals surface area contributed by atoms with Crippen LogP contribution in [0.3, 0.4) is 0 Å². The molecule has 3 aliphatic rings. The van der Waals surface area contributed by atoms with Gasteiger partial charge in [0, 0.05) is 23.3 Å². The number of benzene rings is 1. The molecule has 6 atom stereocenters. The Bertz CT molecular complexity index is 815. The molecule has 0 bridgehead atoms. The normalized spacial score (nSPS) is 36.9. The molecule has 0 aromatic heterocycles. The van der Waals surface area contributed by atoms with Crippen molar-refractivity contribution in [1.29, 1.82) is 0 Å². The highest BCUT2D eigenvalue weighted by Crippen LogP contribution is 2.58. The van der Waals surface area contributed by atoms with Crippen molar-refractivity contribution < 1.29 is 23.8 Å².